The molecule has 2 nitrogen and oxygen atoms in total. The van der Waals surface area contributed by atoms with Crippen LogP contribution in [0.4, 0.5) is 0 Å². The molecule has 2 heteroatoms. The van der Waals surface area contributed by atoms with E-state index in [1.54, 1.807) is 0 Å². The van der Waals surface area contributed by atoms with E-state index in [0.29, 0.717) is 5.92 Å². The van der Waals surface area contributed by atoms with E-state index in [4.69, 9.17) is 5.73 Å². The third kappa shape index (κ3) is 6.39. The molecule has 2 atom stereocenters. The van der Waals surface area contributed by atoms with E-state index in [2.05, 4.69) is 32.6 Å². The van der Waals surface area contributed by atoms with E-state index in [0.717, 1.165) is 12.5 Å². The lowest BCUT2D eigenvalue weighted by atomic mass is 10.1. The summed E-state index contributed by atoms with van der Waals surface area (Å²) in [6.07, 6.45) is 2.52. The van der Waals surface area contributed by atoms with Crippen molar-refractivity contribution in [1.82, 2.24) is 4.90 Å². The fourth-order valence-electron chi connectivity index (χ4n) is 1.47. The van der Waals surface area contributed by atoms with Crippen molar-refractivity contribution in [1.29, 1.82) is 0 Å². The molecule has 0 aliphatic rings. The number of nitrogens with two attached hydrogens (primary N) is 1. The molecular formula is C12H28N2. The largest absolute Gasteiger partial charge is 0.330 e. The van der Waals surface area contributed by atoms with Gasteiger partial charge in [-0.05, 0) is 37.9 Å². The molecule has 2 N–H and O–H groups in total. The van der Waals surface area contributed by atoms with Crippen molar-refractivity contribution < 1.29 is 0 Å². The Morgan fingerprint density at radius 3 is 2.21 bits per heavy atom. The van der Waals surface area contributed by atoms with Crippen LogP contribution >= 0.6 is 0 Å². The molecule has 0 spiro atoms. The predicted molar refractivity (Wildman–Crippen MR) is 64.4 cm³/mol. The van der Waals surface area contributed by atoms with Gasteiger partial charge in [-0.1, -0.05) is 34.1 Å². The maximum absolute atomic E-state index is 5.61. The fourth-order valence-corrected chi connectivity index (χ4v) is 1.47. The lowest BCUT2D eigenvalue weighted by Gasteiger charge is -2.24. The average Bonchev–Trinajstić information content (AvgIpc) is 2.22. The number of nitrogens with zero attached hydrogens (tertiary/aromatic N) is 1. The molecule has 2 unspecified atom stereocenters. The quantitative estimate of drug-likeness (QED) is 0.651. The Balaban J connectivity index is 3.68. The van der Waals surface area contributed by atoms with E-state index >= 15 is 0 Å². The molecule has 0 rings (SSSR count). The molecule has 86 valence electrons. The van der Waals surface area contributed by atoms with Gasteiger partial charge in [0.05, 0.1) is 0 Å². The van der Waals surface area contributed by atoms with Gasteiger partial charge in [-0.25, -0.2) is 0 Å². The SMILES string of the molecule is CCC(C)CN(CC)CCC(C)CN. The maximum Gasteiger partial charge on any atom is 0.000680 e. The van der Waals surface area contributed by atoms with Crippen molar-refractivity contribution in [3.63, 3.8) is 0 Å². The summed E-state index contributed by atoms with van der Waals surface area (Å²) in [6.45, 7) is 13.5. The van der Waals surface area contributed by atoms with Gasteiger partial charge in [0, 0.05) is 6.54 Å². The molecule has 0 aromatic rings. The van der Waals surface area contributed by atoms with Crippen molar-refractivity contribution in [2.75, 3.05) is 26.2 Å². The minimum Gasteiger partial charge on any atom is -0.330 e. The standard InChI is InChI=1S/C12H28N2/c1-5-11(3)10-14(6-2)8-7-12(4)9-13/h11-12H,5-10,13H2,1-4H3. The Hall–Kier alpha value is -0.0800. The second-order valence-electron chi connectivity index (χ2n) is 4.54. The molecule has 0 aromatic heterocycles. The Morgan fingerprint density at radius 1 is 1.14 bits per heavy atom. The van der Waals surface area contributed by atoms with Crippen LogP contribution < -0.4 is 5.73 Å². The summed E-state index contributed by atoms with van der Waals surface area (Å²) in [7, 11) is 0. The highest BCUT2D eigenvalue weighted by Crippen LogP contribution is 2.07. The van der Waals surface area contributed by atoms with Gasteiger partial charge in [-0.3, -0.25) is 0 Å². The van der Waals surface area contributed by atoms with Crippen LogP contribution in [0.5, 0.6) is 0 Å². The van der Waals surface area contributed by atoms with Crippen molar-refractivity contribution in [3.05, 3.63) is 0 Å². The molecular weight excluding hydrogens is 172 g/mol. The molecule has 0 saturated heterocycles. The van der Waals surface area contributed by atoms with Crippen LogP contribution in [0.25, 0.3) is 0 Å². The van der Waals surface area contributed by atoms with Gasteiger partial charge in [0.2, 0.25) is 0 Å². The van der Waals surface area contributed by atoms with Crippen LogP contribution in [0.1, 0.15) is 40.5 Å². The second-order valence-corrected chi connectivity index (χ2v) is 4.54. The lowest BCUT2D eigenvalue weighted by Crippen LogP contribution is -2.31. The molecule has 0 aromatic carbocycles. The van der Waals surface area contributed by atoms with Crippen molar-refractivity contribution in [3.8, 4) is 0 Å². The minimum absolute atomic E-state index is 0.668. The summed E-state index contributed by atoms with van der Waals surface area (Å²) < 4.78 is 0. The average molecular weight is 200 g/mol. The predicted octanol–water partition coefficient (Wildman–Crippen LogP) is 2.34. The first-order valence-corrected chi connectivity index (χ1v) is 6.06. The molecule has 0 aliphatic heterocycles. The molecule has 0 bridgehead atoms. The Labute approximate surface area is 89.9 Å². The molecule has 0 heterocycles. The van der Waals surface area contributed by atoms with Crippen molar-refractivity contribution in [2.45, 2.75) is 40.5 Å². The smallest absolute Gasteiger partial charge is 0.000680 e. The van der Waals surface area contributed by atoms with Crippen LogP contribution in [-0.2, 0) is 0 Å². The van der Waals surface area contributed by atoms with Gasteiger partial charge in [0.1, 0.15) is 0 Å². The van der Waals surface area contributed by atoms with Crippen LogP contribution in [0.15, 0.2) is 0 Å². The normalized spacial score (nSPS) is 15.9. The van der Waals surface area contributed by atoms with Gasteiger partial charge >= 0.3 is 0 Å². The van der Waals surface area contributed by atoms with Gasteiger partial charge in [-0.15, -0.1) is 0 Å². The van der Waals surface area contributed by atoms with Gasteiger partial charge < -0.3 is 10.6 Å². The minimum atomic E-state index is 0.668. The van der Waals surface area contributed by atoms with E-state index in [1.807, 2.05) is 0 Å². The topological polar surface area (TPSA) is 29.3 Å². The molecule has 0 fully saturated rings. The highest BCUT2D eigenvalue weighted by Gasteiger charge is 2.08. The van der Waals surface area contributed by atoms with Gasteiger partial charge in [0.25, 0.3) is 0 Å². The summed E-state index contributed by atoms with van der Waals surface area (Å²) in [6, 6.07) is 0. The van der Waals surface area contributed by atoms with Gasteiger partial charge in [0.15, 0.2) is 0 Å². The summed E-state index contributed by atoms with van der Waals surface area (Å²) in [4.78, 5) is 2.54. The third-order valence-electron chi connectivity index (χ3n) is 3.05. The Kier molecular flexibility index (Phi) is 8.20. The first-order chi connectivity index (χ1) is 6.63. The number of hydrogen-bond acceptors (Lipinski definition) is 2. The van der Waals surface area contributed by atoms with E-state index in [9.17, 15) is 0 Å². The maximum atomic E-state index is 5.61. The zero-order valence-corrected chi connectivity index (χ0v) is 10.4. The van der Waals surface area contributed by atoms with Gasteiger partial charge in [-0.2, -0.15) is 0 Å². The summed E-state index contributed by atoms with van der Waals surface area (Å²) in [5, 5.41) is 0. The van der Waals surface area contributed by atoms with E-state index in [-0.39, 0.29) is 0 Å². The highest BCUT2D eigenvalue weighted by atomic mass is 15.1. The molecule has 0 amide bonds. The summed E-state index contributed by atoms with van der Waals surface area (Å²) in [5.74, 6) is 1.49. The molecule has 0 aliphatic carbocycles. The summed E-state index contributed by atoms with van der Waals surface area (Å²) in [5.41, 5.74) is 5.61. The fraction of sp³-hybridized carbons (Fsp3) is 1.00. The summed E-state index contributed by atoms with van der Waals surface area (Å²) >= 11 is 0. The third-order valence-corrected chi connectivity index (χ3v) is 3.05. The van der Waals surface area contributed by atoms with Crippen LogP contribution in [0, 0.1) is 11.8 Å². The second kappa shape index (κ2) is 8.25. The molecule has 14 heavy (non-hydrogen) atoms. The molecule has 0 saturated carbocycles. The van der Waals surface area contributed by atoms with E-state index < -0.39 is 0 Å². The van der Waals surface area contributed by atoms with Crippen LogP contribution in [-0.4, -0.2) is 31.1 Å². The number of rotatable bonds is 8. The zero-order chi connectivity index (χ0) is 11.0. The Bertz CT molecular complexity index is 125. The lowest BCUT2D eigenvalue weighted by molar-refractivity contribution is 0.231. The van der Waals surface area contributed by atoms with E-state index in [1.165, 1.54) is 32.5 Å². The Morgan fingerprint density at radius 2 is 1.79 bits per heavy atom. The van der Waals surface area contributed by atoms with Crippen LogP contribution in [0.3, 0.4) is 0 Å². The highest BCUT2D eigenvalue weighted by molar-refractivity contribution is 4.63. The van der Waals surface area contributed by atoms with Crippen molar-refractivity contribution >= 4 is 0 Å². The van der Waals surface area contributed by atoms with Crippen molar-refractivity contribution in [2.24, 2.45) is 17.6 Å². The first-order valence-electron chi connectivity index (χ1n) is 6.06. The monoisotopic (exact) mass is 200 g/mol. The number of hydrogen-bond donors (Lipinski definition) is 1. The zero-order valence-electron chi connectivity index (χ0n) is 10.4. The molecule has 0 radical (unpaired) electrons. The van der Waals surface area contributed by atoms with Crippen LogP contribution in [0.2, 0.25) is 0 Å². The first kappa shape index (κ1) is 13.9.